The van der Waals surface area contributed by atoms with Gasteiger partial charge in [-0.1, -0.05) is 23.7 Å². The number of hydrogen-bond acceptors (Lipinski definition) is 5. The molecule has 0 atom stereocenters. The van der Waals surface area contributed by atoms with Crippen LogP contribution in [-0.4, -0.2) is 56.9 Å². The molecular weight excluding hydrogens is 442 g/mol. The number of sulfonamides is 1. The summed E-state index contributed by atoms with van der Waals surface area (Å²) in [5.74, 6) is -0.799. The summed E-state index contributed by atoms with van der Waals surface area (Å²) in [5.41, 5.74) is 0.810. The molecular formula is C21H22ClN3O5S. The number of carbonyl (C=O) groups excluding carboxylic acids is 2. The average Bonchev–Trinajstić information content (AvgIpc) is 3.59. The van der Waals surface area contributed by atoms with Crippen LogP contribution >= 0.6 is 11.6 Å². The van der Waals surface area contributed by atoms with E-state index < -0.39 is 15.9 Å². The first-order chi connectivity index (χ1) is 14.9. The second-order valence-corrected chi connectivity index (χ2v) is 9.72. The Hall–Kier alpha value is -2.46. The normalized spacial score (nSPS) is 17.2. The molecule has 31 heavy (non-hydrogen) atoms. The fraction of sp³-hybridized carbons (Fsp3) is 0.333. The van der Waals surface area contributed by atoms with Crippen LogP contribution in [0, 0.1) is 0 Å². The molecule has 1 aliphatic carbocycles. The molecule has 8 nitrogen and oxygen atoms in total. The van der Waals surface area contributed by atoms with Gasteiger partial charge in [-0.25, -0.2) is 8.42 Å². The van der Waals surface area contributed by atoms with Gasteiger partial charge >= 0.3 is 0 Å². The molecule has 2 fully saturated rings. The van der Waals surface area contributed by atoms with E-state index in [1.807, 2.05) is 0 Å². The van der Waals surface area contributed by atoms with Crippen molar-refractivity contribution < 1.29 is 22.7 Å². The lowest BCUT2D eigenvalue weighted by Crippen LogP contribution is -2.40. The maximum atomic E-state index is 13.0. The largest absolute Gasteiger partial charge is 0.379 e. The Balaban J connectivity index is 1.57. The summed E-state index contributed by atoms with van der Waals surface area (Å²) >= 11 is 6.16. The smallest absolute Gasteiger partial charge is 0.255 e. The van der Waals surface area contributed by atoms with Gasteiger partial charge in [0.25, 0.3) is 11.8 Å². The van der Waals surface area contributed by atoms with Gasteiger partial charge in [-0.2, -0.15) is 4.31 Å². The quantitative estimate of drug-likeness (QED) is 0.684. The van der Waals surface area contributed by atoms with E-state index in [0.29, 0.717) is 24.5 Å². The maximum absolute atomic E-state index is 13.0. The topological polar surface area (TPSA) is 105 Å². The molecule has 2 N–H and O–H groups in total. The van der Waals surface area contributed by atoms with E-state index in [1.165, 1.54) is 22.5 Å². The minimum Gasteiger partial charge on any atom is -0.379 e. The molecule has 1 saturated heterocycles. The van der Waals surface area contributed by atoms with Crippen LogP contribution in [0.5, 0.6) is 0 Å². The van der Waals surface area contributed by atoms with E-state index in [0.717, 1.165) is 12.8 Å². The molecule has 0 spiro atoms. The van der Waals surface area contributed by atoms with Gasteiger partial charge in [-0.05, 0) is 43.2 Å². The van der Waals surface area contributed by atoms with Crippen molar-refractivity contribution in [1.82, 2.24) is 9.62 Å². The summed E-state index contributed by atoms with van der Waals surface area (Å²) in [6, 6.07) is 10.9. The van der Waals surface area contributed by atoms with Gasteiger partial charge in [0.2, 0.25) is 10.0 Å². The number of ether oxygens (including phenoxy) is 1. The third kappa shape index (κ3) is 4.90. The molecule has 2 amide bonds. The van der Waals surface area contributed by atoms with Crippen molar-refractivity contribution >= 4 is 39.1 Å². The minimum atomic E-state index is -3.87. The Kier molecular flexibility index (Phi) is 6.29. The molecule has 0 bridgehead atoms. The van der Waals surface area contributed by atoms with Gasteiger partial charge in [-0.3, -0.25) is 9.59 Å². The van der Waals surface area contributed by atoms with Gasteiger partial charge in [-0.15, -0.1) is 0 Å². The number of anilines is 1. The van der Waals surface area contributed by atoms with Gasteiger partial charge < -0.3 is 15.4 Å². The molecule has 1 saturated carbocycles. The molecule has 2 aromatic carbocycles. The van der Waals surface area contributed by atoms with Crippen LogP contribution in [0.4, 0.5) is 5.69 Å². The summed E-state index contributed by atoms with van der Waals surface area (Å²) in [6.07, 6.45) is 1.90. The number of halogens is 1. The Bertz CT molecular complexity index is 1110. The highest BCUT2D eigenvalue weighted by Crippen LogP contribution is 2.27. The summed E-state index contributed by atoms with van der Waals surface area (Å²) in [7, 11) is -3.87. The first kappa shape index (κ1) is 21.8. The lowest BCUT2D eigenvalue weighted by atomic mass is 10.1. The number of nitrogens with zero attached hydrogens (tertiary/aromatic N) is 1. The van der Waals surface area contributed by atoms with Crippen molar-refractivity contribution in [2.45, 2.75) is 23.8 Å². The number of rotatable bonds is 6. The summed E-state index contributed by atoms with van der Waals surface area (Å²) in [6.45, 7) is 1.05. The van der Waals surface area contributed by atoms with Crippen molar-refractivity contribution in [3.05, 3.63) is 58.6 Å². The average molecular weight is 464 g/mol. The van der Waals surface area contributed by atoms with E-state index in [-0.39, 0.29) is 40.5 Å². The number of amides is 2. The van der Waals surface area contributed by atoms with Crippen molar-refractivity contribution in [2.75, 3.05) is 31.6 Å². The zero-order valence-electron chi connectivity index (χ0n) is 16.6. The third-order valence-corrected chi connectivity index (χ3v) is 7.49. The van der Waals surface area contributed by atoms with E-state index in [9.17, 15) is 18.0 Å². The highest BCUT2D eigenvalue weighted by molar-refractivity contribution is 7.89. The number of carbonyl (C=O) groups is 2. The maximum Gasteiger partial charge on any atom is 0.255 e. The van der Waals surface area contributed by atoms with Gasteiger partial charge in [0.05, 0.1) is 29.5 Å². The fourth-order valence-corrected chi connectivity index (χ4v) is 5.15. The monoisotopic (exact) mass is 463 g/mol. The first-order valence-corrected chi connectivity index (χ1v) is 11.8. The summed E-state index contributed by atoms with van der Waals surface area (Å²) < 4.78 is 32.5. The van der Waals surface area contributed by atoms with Gasteiger partial charge in [0, 0.05) is 24.7 Å². The number of benzene rings is 2. The Morgan fingerprint density at radius 1 is 1.03 bits per heavy atom. The first-order valence-electron chi connectivity index (χ1n) is 9.95. The summed E-state index contributed by atoms with van der Waals surface area (Å²) in [5, 5.41) is 5.64. The van der Waals surface area contributed by atoms with Crippen LogP contribution < -0.4 is 10.6 Å². The van der Waals surface area contributed by atoms with Crippen molar-refractivity contribution in [3.63, 3.8) is 0 Å². The Morgan fingerprint density at radius 2 is 1.74 bits per heavy atom. The number of nitrogens with one attached hydrogen (secondary N) is 2. The second kappa shape index (κ2) is 8.96. The molecule has 2 aromatic rings. The Morgan fingerprint density at radius 3 is 2.45 bits per heavy atom. The predicted molar refractivity (Wildman–Crippen MR) is 116 cm³/mol. The lowest BCUT2D eigenvalue weighted by molar-refractivity contribution is 0.0730. The molecule has 0 aromatic heterocycles. The van der Waals surface area contributed by atoms with E-state index in [2.05, 4.69) is 10.6 Å². The SMILES string of the molecule is O=C(Nc1ccccc1C(=O)NC1CC1)c1ccc(Cl)c(S(=O)(=O)N2CCOCC2)c1. The molecule has 0 radical (unpaired) electrons. The molecule has 164 valence electrons. The predicted octanol–water partition coefficient (Wildman–Crippen LogP) is 2.51. The highest BCUT2D eigenvalue weighted by Gasteiger charge is 2.29. The molecule has 0 unspecified atom stereocenters. The zero-order valence-corrected chi connectivity index (χ0v) is 18.2. The van der Waals surface area contributed by atoms with Crippen molar-refractivity contribution in [2.24, 2.45) is 0 Å². The standard InChI is InChI=1S/C21H22ClN3O5S/c22-17-8-5-14(13-19(17)31(28,29)25-9-11-30-12-10-25)20(26)24-18-4-2-1-3-16(18)21(27)23-15-6-7-15/h1-5,8,13,15H,6-7,9-12H2,(H,23,27)(H,24,26). The fourth-order valence-electron chi connectivity index (χ4n) is 3.24. The molecule has 4 rings (SSSR count). The van der Waals surface area contributed by atoms with Crippen LogP contribution in [-0.2, 0) is 14.8 Å². The van der Waals surface area contributed by atoms with Crippen LogP contribution in [0.15, 0.2) is 47.4 Å². The molecule has 1 heterocycles. The van der Waals surface area contributed by atoms with Crippen LogP contribution in [0.1, 0.15) is 33.6 Å². The Labute approximate surface area is 185 Å². The number of para-hydroxylation sites is 1. The number of morpholine rings is 1. The van der Waals surface area contributed by atoms with E-state index >= 15 is 0 Å². The third-order valence-electron chi connectivity index (χ3n) is 5.11. The molecule has 2 aliphatic rings. The van der Waals surface area contributed by atoms with Gasteiger partial charge in [0.1, 0.15) is 4.90 Å². The minimum absolute atomic E-state index is 0.0345. The van der Waals surface area contributed by atoms with Crippen LogP contribution in [0.3, 0.4) is 0 Å². The highest BCUT2D eigenvalue weighted by atomic mass is 35.5. The second-order valence-electron chi connectivity index (χ2n) is 7.41. The van der Waals surface area contributed by atoms with Crippen LogP contribution in [0.2, 0.25) is 5.02 Å². The zero-order chi connectivity index (χ0) is 22.0. The number of hydrogen-bond donors (Lipinski definition) is 2. The van der Waals surface area contributed by atoms with Gasteiger partial charge in [0.15, 0.2) is 0 Å². The van der Waals surface area contributed by atoms with E-state index in [4.69, 9.17) is 16.3 Å². The van der Waals surface area contributed by atoms with E-state index in [1.54, 1.807) is 24.3 Å². The summed E-state index contributed by atoms with van der Waals surface area (Å²) in [4.78, 5) is 25.2. The van der Waals surface area contributed by atoms with Crippen molar-refractivity contribution in [1.29, 1.82) is 0 Å². The molecule has 10 heteroatoms. The van der Waals surface area contributed by atoms with Crippen molar-refractivity contribution in [3.8, 4) is 0 Å². The lowest BCUT2D eigenvalue weighted by Gasteiger charge is -2.26. The van der Waals surface area contributed by atoms with Crippen LogP contribution in [0.25, 0.3) is 0 Å². The molecule has 1 aliphatic heterocycles.